The van der Waals surface area contributed by atoms with Crippen LogP contribution in [0.5, 0.6) is 0 Å². The molecule has 2 aromatic heterocycles. The highest BCUT2D eigenvalue weighted by Crippen LogP contribution is 2.43. The molecule has 148 valence electrons. The van der Waals surface area contributed by atoms with Gasteiger partial charge < -0.3 is 14.8 Å². The van der Waals surface area contributed by atoms with E-state index in [-0.39, 0.29) is 5.56 Å². The van der Waals surface area contributed by atoms with Crippen molar-refractivity contribution in [3.8, 4) is 11.1 Å². The minimum atomic E-state index is -0.0953. The number of nitrogens with zero attached hydrogens (tertiary/aromatic N) is 3. The maximum atomic E-state index is 11.6. The molecule has 0 unspecified atom stereocenters. The van der Waals surface area contributed by atoms with Gasteiger partial charge in [-0.1, -0.05) is 36.4 Å². The van der Waals surface area contributed by atoms with Crippen LogP contribution in [0, 0.1) is 0 Å². The van der Waals surface area contributed by atoms with Crippen molar-refractivity contribution < 1.29 is 0 Å². The third-order valence-corrected chi connectivity index (χ3v) is 6.13. The van der Waals surface area contributed by atoms with Gasteiger partial charge in [0.1, 0.15) is 0 Å². The van der Waals surface area contributed by atoms with Crippen molar-refractivity contribution in [3.05, 3.63) is 89.1 Å². The van der Waals surface area contributed by atoms with Gasteiger partial charge in [0.05, 0.1) is 30.3 Å². The standard InChI is InChI=1S/C25H22N4O/c30-24-12-9-18(14-27-24)25-20-6-2-1-5-17(20)13-26-21(25)15-28-16-29(19-10-11-19)23-8-4-3-7-22(23)28/h1-9,12-14,19H,10-11,15-16H2,(H,27,30). The summed E-state index contributed by atoms with van der Waals surface area (Å²) < 4.78 is 0. The lowest BCUT2D eigenvalue weighted by Crippen LogP contribution is -2.32. The predicted octanol–water partition coefficient (Wildman–Crippen LogP) is 4.54. The minimum Gasteiger partial charge on any atom is -0.349 e. The van der Waals surface area contributed by atoms with Gasteiger partial charge in [-0.2, -0.15) is 0 Å². The van der Waals surface area contributed by atoms with Crippen molar-refractivity contribution in [2.75, 3.05) is 16.5 Å². The second-order valence-electron chi connectivity index (χ2n) is 8.14. The van der Waals surface area contributed by atoms with Crippen molar-refractivity contribution >= 4 is 22.1 Å². The van der Waals surface area contributed by atoms with E-state index >= 15 is 0 Å². The van der Waals surface area contributed by atoms with Crippen molar-refractivity contribution in [1.29, 1.82) is 0 Å². The fraction of sp³-hybridized carbons (Fsp3) is 0.200. The molecule has 0 atom stereocenters. The molecule has 0 radical (unpaired) electrons. The smallest absolute Gasteiger partial charge is 0.247 e. The average molecular weight is 394 g/mol. The van der Waals surface area contributed by atoms with Crippen molar-refractivity contribution in [2.45, 2.75) is 25.4 Å². The normalized spacial score (nSPS) is 15.6. The summed E-state index contributed by atoms with van der Waals surface area (Å²) in [6, 6.07) is 21.1. The number of anilines is 2. The van der Waals surface area contributed by atoms with Gasteiger partial charge in [-0.15, -0.1) is 0 Å². The number of H-pyrrole nitrogens is 1. The fourth-order valence-electron chi connectivity index (χ4n) is 4.54. The highest BCUT2D eigenvalue weighted by atomic mass is 16.1. The number of hydrogen-bond acceptors (Lipinski definition) is 4. The molecule has 5 heteroatoms. The van der Waals surface area contributed by atoms with Gasteiger partial charge in [0, 0.05) is 41.0 Å². The summed E-state index contributed by atoms with van der Waals surface area (Å²) in [5.41, 5.74) is 5.60. The Labute approximate surface area is 174 Å². The summed E-state index contributed by atoms with van der Waals surface area (Å²) in [6.07, 6.45) is 6.31. The van der Waals surface area contributed by atoms with Crippen LogP contribution in [0.1, 0.15) is 18.5 Å². The van der Waals surface area contributed by atoms with Gasteiger partial charge in [-0.05, 0) is 36.4 Å². The molecule has 1 saturated carbocycles. The largest absolute Gasteiger partial charge is 0.349 e. The molecule has 2 aromatic carbocycles. The van der Waals surface area contributed by atoms with Crippen LogP contribution >= 0.6 is 0 Å². The number of pyridine rings is 2. The van der Waals surface area contributed by atoms with Crippen LogP contribution < -0.4 is 15.4 Å². The first-order chi connectivity index (χ1) is 14.8. The molecule has 6 rings (SSSR count). The third kappa shape index (κ3) is 2.86. The van der Waals surface area contributed by atoms with Gasteiger partial charge in [-0.3, -0.25) is 9.78 Å². The summed E-state index contributed by atoms with van der Waals surface area (Å²) in [5.74, 6) is 0. The molecule has 1 aliphatic carbocycles. The Morgan fingerprint density at radius 3 is 2.57 bits per heavy atom. The lowest BCUT2D eigenvalue weighted by molar-refractivity contribution is 0.752. The Bertz CT molecular complexity index is 1290. The second kappa shape index (κ2) is 6.73. The number of aromatic amines is 1. The van der Waals surface area contributed by atoms with Crippen molar-refractivity contribution in [3.63, 3.8) is 0 Å². The number of aromatic nitrogens is 2. The number of rotatable bonds is 4. The van der Waals surface area contributed by atoms with Crippen LogP contribution in [0.4, 0.5) is 11.4 Å². The van der Waals surface area contributed by atoms with E-state index in [4.69, 9.17) is 4.98 Å². The van der Waals surface area contributed by atoms with Crippen LogP contribution in [0.3, 0.4) is 0 Å². The molecule has 1 N–H and O–H groups in total. The molecule has 30 heavy (non-hydrogen) atoms. The van der Waals surface area contributed by atoms with Crippen LogP contribution in [-0.2, 0) is 6.54 Å². The third-order valence-electron chi connectivity index (χ3n) is 6.13. The first-order valence-electron chi connectivity index (χ1n) is 10.4. The zero-order valence-corrected chi connectivity index (χ0v) is 16.6. The van der Waals surface area contributed by atoms with E-state index in [1.807, 2.05) is 18.3 Å². The van der Waals surface area contributed by atoms with Crippen molar-refractivity contribution in [2.24, 2.45) is 0 Å². The quantitative estimate of drug-likeness (QED) is 0.552. The van der Waals surface area contributed by atoms with Gasteiger partial charge in [-0.25, -0.2) is 0 Å². The van der Waals surface area contributed by atoms with Crippen LogP contribution in [-0.4, -0.2) is 22.7 Å². The Hall–Kier alpha value is -3.60. The van der Waals surface area contributed by atoms with Crippen molar-refractivity contribution in [1.82, 2.24) is 9.97 Å². The zero-order valence-electron chi connectivity index (χ0n) is 16.6. The van der Waals surface area contributed by atoms with E-state index < -0.39 is 0 Å². The molecule has 3 heterocycles. The second-order valence-corrected chi connectivity index (χ2v) is 8.14. The molecule has 0 amide bonds. The van der Waals surface area contributed by atoms with Crippen LogP contribution in [0.15, 0.2) is 77.9 Å². The molecule has 4 aromatic rings. The predicted molar refractivity (Wildman–Crippen MR) is 121 cm³/mol. The van der Waals surface area contributed by atoms with E-state index in [9.17, 15) is 4.79 Å². The zero-order chi connectivity index (χ0) is 20.1. The maximum absolute atomic E-state index is 11.6. The lowest BCUT2D eigenvalue weighted by atomic mass is 9.98. The number of fused-ring (bicyclic) bond motifs is 2. The summed E-state index contributed by atoms with van der Waals surface area (Å²) in [5, 5.41) is 2.25. The molecular formula is C25H22N4O. The van der Waals surface area contributed by atoms with E-state index in [0.717, 1.165) is 40.8 Å². The van der Waals surface area contributed by atoms with E-state index in [1.54, 1.807) is 12.3 Å². The highest BCUT2D eigenvalue weighted by molar-refractivity contribution is 5.97. The molecule has 1 fully saturated rings. The highest BCUT2D eigenvalue weighted by Gasteiger charge is 2.36. The van der Waals surface area contributed by atoms with E-state index in [0.29, 0.717) is 6.04 Å². The summed E-state index contributed by atoms with van der Waals surface area (Å²) in [7, 11) is 0. The molecule has 0 bridgehead atoms. The Balaban J connectivity index is 1.46. The van der Waals surface area contributed by atoms with E-state index in [2.05, 4.69) is 57.2 Å². The molecule has 5 nitrogen and oxygen atoms in total. The number of benzene rings is 2. The number of para-hydroxylation sites is 2. The van der Waals surface area contributed by atoms with Gasteiger partial charge in [0.25, 0.3) is 0 Å². The van der Waals surface area contributed by atoms with E-state index in [1.165, 1.54) is 24.2 Å². The first-order valence-corrected chi connectivity index (χ1v) is 10.4. The molecule has 0 saturated heterocycles. The molecule has 0 spiro atoms. The van der Waals surface area contributed by atoms with Gasteiger partial charge >= 0.3 is 0 Å². The summed E-state index contributed by atoms with van der Waals surface area (Å²) in [4.78, 5) is 24.3. The Morgan fingerprint density at radius 2 is 1.77 bits per heavy atom. The average Bonchev–Trinajstić information content (AvgIpc) is 3.57. The maximum Gasteiger partial charge on any atom is 0.247 e. The van der Waals surface area contributed by atoms with Crippen LogP contribution in [0.2, 0.25) is 0 Å². The molecular weight excluding hydrogens is 372 g/mol. The SMILES string of the molecule is O=c1ccc(-c2c(CN3CN(C4CC4)c4ccccc43)ncc3ccccc23)c[nH]1. The fourth-order valence-corrected chi connectivity index (χ4v) is 4.54. The lowest BCUT2D eigenvalue weighted by Gasteiger charge is -2.23. The Morgan fingerprint density at radius 1 is 0.967 bits per heavy atom. The Kier molecular flexibility index (Phi) is 3.88. The topological polar surface area (TPSA) is 52.2 Å². The first kappa shape index (κ1) is 17.3. The minimum absolute atomic E-state index is 0.0953. The number of hydrogen-bond donors (Lipinski definition) is 1. The summed E-state index contributed by atoms with van der Waals surface area (Å²) >= 11 is 0. The monoisotopic (exact) mass is 394 g/mol. The van der Waals surface area contributed by atoms with Gasteiger partial charge in [0.15, 0.2) is 0 Å². The molecule has 2 aliphatic rings. The molecule has 1 aliphatic heterocycles. The number of nitrogens with one attached hydrogen (secondary N) is 1. The van der Waals surface area contributed by atoms with Gasteiger partial charge in [0.2, 0.25) is 5.56 Å². The summed E-state index contributed by atoms with van der Waals surface area (Å²) in [6.45, 7) is 1.61. The van der Waals surface area contributed by atoms with Crippen LogP contribution in [0.25, 0.3) is 21.9 Å².